The number of pyridine rings is 1. The summed E-state index contributed by atoms with van der Waals surface area (Å²) in [6, 6.07) is 5.26. The maximum absolute atomic E-state index is 12.1. The summed E-state index contributed by atoms with van der Waals surface area (Å²) in [5, 5.41) is 12.1. The monoisotopic (exact) mass is 280 g/mol. The van der Waals surface area contributed by atoms with E-state index in [4.69, 9.17) is 0 Å². The normalized spacial score (nSPS) is 16.7. The first-order valence-corrected chi connectivity index (χ1v) is 7.85. The minimum absolute atomic E-state index is 0.149. The van der Waals surface area contributed by atoms with Crippen LogP contribution in [0.4, 0.5) is 0 Å². The Balaban J connectivity index is 1.84. The maximum atomic E-state index is 12.1. The van der Waals surface area contributed by atoms with Crippen LogP contribution in [-0.4, -0.2) is 29.6 Å². The van der Waals surface area contributed by atoms with E-state index in [-0.39, 0.29) is 5.91 Å². The third kappa shape index (κ3) is 4.42. The minimum Gasteiger partial charge on any atom is -0.618 e. The van der Waals surface area contributed by atoms with Gasteiger partial charge in [0.25, 0.3) is 5.03 Å². The number of hydrogen-bond acceptors (Lipinski definition) is 3. The van der Waals surface area contributed by atoms with Crippen LogP contribution in [0.2, 0.25) is 0 Å². The van der Waals surface area contributed by atoms with Crippen molar-refractivity contribution in [2.45, 2.75) is 37.1 Å². The smallest absolute Gasteiger partial charge is 0.251 e. The summed E-state index contributed by atoms with van der Waals surface area (Å²) in [4.78, 5) is 14.1. The summed E-state index contributed by atoms with van der Waals surface area (Å²) >= 11 is 1.32. The van der Waals surface area contributed by atoms with Crippen molar-refractivity contribution in [3.05, 3.63) is 29.6 Å². The highest BCUT2D eigenvalue weighted by Crippen LogP contribution is 2.15. The van der Waals surface area contributed by atoms with Crippen molar-refractivity contribution in [3.8, 4) is 0 Å². The van der Waals surface area contributed by atoms with Crippen LogP contribution in [0, 0.1) is 5.21 Å². The molecule has 2 rings (SSSR count). The lowest BCUT2D eigenvalue weighted by molar-refractivity contribution is -0.645. The van der Waals surface area contributed by atoms with Gasteiger partial charge in [0.1, 0.15) is 0 Å². The Bertz CT molecular complexity index is 418. The Kier molecular flexibility index (Phi) is 5.51. The van der Waals surface area contributed by atoms with Crippen molar-refractivity contribution in [3.63, 3.8) is 0 Å². The zero-order chi connectivity index (χ0) is 13.5. The molecule has 0 unspecified atom stereocenters. The largest absolute Gasteiger partial charge is 0.618 e. The van der Waals surface area contributed by atoms with Gasteiger partial charge in [0.15, 0.2) is 6.20 Å². The molecule has 1 fully saturated rings. The lowest BCUT2D eigenvalue weighted by atomic mass is 10.1. The quantitative estimate of drug-likeness (QED) is 0.484. The van der Waals surface area contributed by atoms with Crippen LogP contribution in [0.25, 0.3) is 0 Å². The Labute approximate surface area is 118 Å². The molecule has 104 valence electrons. The van der Waals surface area contributed by atoms with Crippen LogP contribution < -0.4 is 4.73 Å². The fraction of sp³-hybridized carbons (Fsp3) is 0.571. The minimum atomic E-state index is 0.149. The molecule has 4 nitrogen and oxygen atoms in total. The van der Waals surface area contributed by atoms with Gasteiger partial charge < -0.3 is 10.1 Å². The van der Waals surface area contributed by atoms with Crippen LogP contribution in [0.1, 0.15) is 32.1 Å². The van der Waals surface area contributed by atoms with Gasteiger partial charge in [0.05, 0.1) is 5.75 Å². The van der Waals surface area contributed by atoms with Gasteiger partial charge in [-0.1, -0.05) is 19.3 Å². The van der Waals surface area contributed by atoms with Crippen LogP contribution in [0.5, 0.6) is 0 Å². The molecule has 0 atom stereocenters. The van der Waals surface area contributed by atoms with E-state index in [1.165, 1.54) is 37.2 Å². The molecule has 1 saturated heterocycles. The number of carbonyl (C=O) groups excluding carboxylic acids is 1. The standard InChI is InChI=1S/C14H20N2O2S/c17-13(15-9-5-2-1-3-6-10-15)12-19-14-8-4-7-11-16(14)18/h4,7-8,11H,1-3,5-6,9-10,12H2. The average Bonchev–Trinajstić information content (AvgIpc) is 2.37. The van der Waals surface area contributed by atoms with Gasteiger partial charge >= 0.3 is 0 Å². The van der Waals surface area contributed by atoms with Gasteiger partial charge in [-0.3, -0.25) is 4.79 Å². The first-order chi connectivity index (χ1) is 9.27. The molecule has 0 aliphatic carbocycles. The molecule has 1 aliphatic rings. The van der Waals surface area contributed by atoms with Gasteiger partial charge in [0.2, 0.25) is 5.91 Å². The molecule has 0 spiro atoms. The van der Waals surface area contributed by atoms with Crippen molar-refractivity contribution < 1.29 is 9.52 Å². The molecule has 1 amide bonds. The van der Waals surface area contributed by atoms with E-state index < -0.39 is 0 Å². The summed E-state index contributed by atoms with van der Waals surface area (Å²) in [5.41, 5.74) is 0. The second-order valence-electron chi connectivity index (χ2n) is 4.80. The molecule has 1 aromatic heterocycles. The molecule has 2 heterocycles. The number of hydrogen-bond donors (Lipinski definition) is 0. The molecule has 0 aromatic carbocycles. The van der Waals surface area contributed by atoms with Crippen molar-refractivity contribution >= 4 is 17.7 Å². The number of likely N-dealkylation sites (tertiary alicyclic amines) is 1. The van der Waals surface area contributed by atoms with Gasteiger partial charge in [-0.2, -0.15) is 4.73 Å². The van der Waals surface area contributed by atoms with Crippen molar-refractivity contribution in [2.24, 2.45) is 0 Å². The highest BCUT2D eigenvalue weighted by molar-refractivity contribution is 7.99. The molecule has 0 bridgehead atoms. The van der Waals surface area contributed by atoms with Crippen LogP contribution in [0.3, 0.4) is 0 Å². The fourth-order valence-electron chi connectivity index (χ4n) is 2.25. The van der Waals surface area contributed by atoms with E-state index in [0.717, 1.165) is 30.7 Å². The van der Waals surface area contributed by atoms with Crippen molar-refractivity contribution in [2.75, 3.05) is 18.8 Å². The third-order valence-electron chi connectivity index (χ3n) is 3.34. The number of carbonyl (C=O) groups is 1. The summed E-state index contributed by atoms with van der Waals surface area (Å²) in [6.07, 6.45) is 7.39. The number of thioether (sulfide) groups is 1. The topological polar surface area (TPSA) is 47.2 Å². The van der Waals surface area contributed by atoms with Gasteiger partial charge in [-0.25, -0.2) is 0 Å². The van der Waals surface area contributed by atoms with E-state index >= 15 is 0 Å². The molecule has 5 heteroatoms. The zero-order valence-corrected chi connectivity index (χ0v) is 11.9. The summed E-state index contributed by atoms with van der Waals surface area (Å²) < 4.78 is 0.811. The van der Waals surface area contributed by atoms with E-state index in [1.54, 1.807) is 12.1 Å². The molecule has 0 N–H and O–H groups in total. The highest BCUT2D eigenvalue weighted by Gasteiger charge is 2.16. The van der Waals surface area contributed by atoms with E-state index in [9.17, 15) is 10.0 Å². The predicted octanol–water partition coefficient (Wildman–Crippen LogP) is 2.20. The molecular weight excluding hydrogens is 260 g/mol. The Morgan fingerprint density at radius 2 is 1.89 bits per heavy atom. The average molecular weight is 280 g/mol. The van der Waals surface area contributed by atoms with Gasteiger partial charge in [0, 0.05) is 25.2 Å². The van der Waals surface area contributed by atoms with Gasteiger partial charge in [-0.05, 0) is 30.7 Å². The lowest BCUT2D eigenvalue weighted by Gasteiger charge is -2.24. The van der Waals surface area contributed by atoms with Crippen molar-refractivity contribution in [1.82, 2.24) is 4.90 Å². The summed E-state index contributed by atoms with van der Waals surface area (Å²) in [6.45, 7) is 1.73. The second-order valence-corrected chi connectivity index (χ2v) is 5.80. The van der Waals surface area contributed by atoms with E-state index in [1.807, 2.05) is 11.0 Å². The van der Waals surface area contributed by atoms with Crippen LogP contribution in [0.15, 0.2) is 29.4 Å². The highest BCUT2D eigenvalue weighted by atomic mass is 32.2. The molecule has 0 saturated carbocycles. The Morgan fingerprint density at radius 3 is 2.58 bits per heavy atom. The zero-order valence-electron chi connectivity index (χ0n) is 11.1. The summed E-state index contributed by atoms with van der Waals surface area (Å²) in [7, 11) is 0. The Morgan fingerprint density at radius 1 is 1.21 bits per heavy atom. The maximum Gasteiger partial charge on any atom is 0.251 e. The molecule has 1 aromatic rings. The molecule has 19 heavy (non-hydrogen) atoms. The molecular formula is C14H20N2O2S. The number of amides is 1. The first-order valence-electron chi connectivity index (χ1n) is 6.86. The number of aromatic nitrogens is 1. The van der Waals surface area contributed by atoms with Gasteiger partial charge in [-0.15, -0.1) is 0 Å². The van der Waals surface area contributed by atoms with Crippen molar-refractivity contribution in [1.29, 1.82) is 0 Å². The summed E-state index contributed by atoms with van der Waals surface area (Å²) in [5.74, 6) is 0.502. The first kappa shape index (κ1) is 14.2. The molecule has 0 radical (unpaired) electrons. The fourth-order valence-corrected chi connectivity index (χ4v) is 3.07. The van der Waals surface area contributed by atoms with Crippen LogP contribution in [-0.2, 0) is 4.79 Å². The van der Waals surface area contributed by atoms with E-state index in [0.29, 0.717) is 10.8 Å². The SMILES string of the molecule is O=C(CSc1cccc[n+]1[O-])N1CCCCCCC1. The third-order valence-corrected chi connectivity index (χ3v) is 4.34. The number of nitrogens with zero attached hydrogens (tertiary/aromatic N) is 2. The predicted molar refractivity (Wildman–Crippen MR) is 75.8 cm³/mol. The Hall–Kier alpha value is -1.23. The van der Waals surface area contributed by atoms with E-state index in [2.05, 4.69) is 0 Å². The number of rotatable bonds is 3. The lowest BCUT2D eigenvalue weighted by Crippen LogP contribution is -2.35. The second kappa shape index (κ2) is 7.38. The van der Waals surface area contributed by atoms with Crippen LogP contribution >= 0.6 is 11.8 Å². The molecule has 1 aliphatic heterocycles.